The van der Waals surface area contributed by atoms with Crippen LogP contribution in [0, 0.1) is 16.4 Å². The monoisotopic (exact) mass is 455 g/mol. The third-order valence-electron chi connectivity index (χ3n) is 4.48. The molecule has 1 aliphatic rings. The van der Waals surface area contributed by atoms with Crippen LogP contribution in [0.5, 0.6) is 0 Å². The number of hydrogen-bond donors (Lipinski definition) is 1. The molecular formula is C18H22IN3OS. The van der Waals surface area contributed by atoms with Gasteiger partial charge in [-0.05, 0) is 73.5 Å². The lowest BCUT2D eigenvalue weighted by molar-refractivity contribution is 0.102. The minimum absolute atomic E-state index is 0.0907. The van der Waals surface area contributed by atoms with Gasteiger partial charge >= 0.3 is 0 Å². The first-order valence-corrected chi connectivity index (χ1v) is 10.2. The van der Waals surface area contributed by atoms with Gasteiger partial charge in [0, 0.05) is 15.0 Å². The number of piperidine rings is 1. The average Bonchev–Trinajstić information content (AvgIpc) is 2.89. The Kier molecular flexibility index (Phi) is 5.89. The minimum Gasteiger partial charge on any atom is -0.298 e. The number of hydrogen-bond acceptors (Lipinski definition) is 4. The summed E-state index contributed by atoms with van der Waals surface area (Å²) in [5, 5.41) is 3.64. The number of amides is 1. The molecule has 1 saturated heterocycles. The van der Waals surface area contributed by atoms with Crippen molar-refractivity contribution in [3.05, 3.63) is 44.0 Å². The molecule has 4 nitrogen and oxygen atoms in total. The van der Waals surface area contributed by atoms with Crippen LogP contribution in [-0.2, 0) is 6.54 Å². The first-order valence-electron chi connectivity index (χ1n) is 8.27. The molecule has 0 bridgehead atoms. The standard InChI is InChI=1S/C18H22IN3OS/c1-12-7-9-22(10-8-12)11-16-13(2)20-18(24-16)21-17(23)14-5-3-4-6-15(14)19/h3-6,12H,7-11H2,1-2H3,(H,20,21,23). The molecule has 128 valence electrons. The van der Waals surface area contributed by atoms with Crippen LogP contribution in [0.25, 0.3) is 0 Å². The zero-order chi connectivity index (χ0) is 17.1. The Bertz CT molecular complexity index is 723. The molecular weight excluding hydrogens is 433 g/mol. The highest BCUT2D eigenvalue weighted by Gasteiger charge is 2.19. The molecule has 1 aromatic heterocycles. The Morgan fingerprint density at radius 1 is 1.38 bits per heavy atom. The fourth-order valence-electron chi connectivity index (χ4n) is 2.86. The van der Waals surface area contributed by atoms with Crippen molar-refractivity contribution in [1.29, 1.82) is 0 Å². The topological polar surface area (TPSA) is 45.2 Å². The van der Waals surface area contributed by atoms with Crippen molar-refractivity contribution >= 4 is 45.0 Å². The Morgan fingerprint density at radius 3 is 2.79 bits per heavy atom. The largest absolute Gasteiger partial charge is 0.298 e. The summed E-state index contributed by atoms with van der Waals surface area (Å²) in [4.78, 5) is 20.7. The number of rotatable bonds is 4. The van der Waals surface area contributed by atoms with Crippen molar-refractivity contribution in [1.82, 2.24) is 9.88 Å². The van der Waals surface area contributed by atoms with Crippen molar-refractivity contribution in [2.24, 2.45) is 5.92 Å². The zero-order valence-electron chi connectivity index (χ0n) is 14.0. The Balaban J connectivity index is 1.66. The van der Waals surface area contributed by atoms with Crippen molar-refractivity contribution in [2.75, 3.05) is 18.4 Å². The maximum absolute atomic E-state index is 12.4. The lowest BCUT2D eigenvalue weighted by Crippen LogP contribution is -2.32. The van der Waals surface area contributed by atoms with Gasteiger partial charge in [-0.1, -0.05) is 19.1 Å². The summed E-state index contributed by atoms with van der Waals surface area (Å²) >= 11 is 3.78. The van der Waals surface area contributed by atoms with Crippen LogP contribution >= 0.6 is 33.9 Å². The van der Waals surface area contributed by atoms with Crippen molar-refractivity contribution in [3.63, 3.8) is 0 Å². The van der Waals surface area contributed by atoms with Gasteiger partial charge in [0.25, 0.3) is 5.91 Å². The molecule has 1 fully saturated rings. The third kappa shape index (κ3) is 4.34. The molecule has 0 atom stereocenters. The van der Waals surface area contributed by atoms with E-state index in [2.05, 4.69) is 44.7 Å². The zero-order valence-corrected chi connectivity index (χ0v) is 17.0. The van der Waals surface area contributed by atoms with Gasteiger partial charge in [-0.15, -0.1) is 11.3 Å². The highest BCUT2D eigenvalue weighted by atomic mass is 127. The second-order valence-corrected chi connectivity index (χ2v) is 8.67. The normalized spacial score (nSPS) is 16.3. The van der Waals surface area contributed by atoms with Gasteiger partial charge in [-0.2, -0.15) is 0 Å². The Hall–Kier alpha value is -0.990. The van der Waals surface area contributed by atoms with Gasteiger partial charge in [0.2, 0.25) is 0 Å². The summed E-state index contributed by atoms with van der Waals surface area (Å²) in [5.74, 6) is 0.749. The number of aryl methyl sites for hydroxylation is 1. The maximum Gasteiger partial charge on any atom is 0.258 e. The van der Waals surface area contributed by atoms with Crippen molar-refractivity contribution in [3.8, 4) is 0 Å². The Morgan fingerprint density at radius 2 is 2.08 bits per heavy atom. The lowest BCUT2D eigenvalue weighted by atomic mass is 9.99. The number of nitrogens with zero attached hydrogens (tertiary/aromatic N) is 2. The van der Waals surface area contributed by atoms with Crippen LogP contribution in [0.15, 0.2) is 24.3 Å². The maximum atomic E-state index is 12.4. The number of carbonyl (C=O) groups excluding carboxylic acids is 1. The molecule has 1 amide bonds. The smallest absolute Gasteiger partial charge is 0.258 e. The number of benzene rings is 1. The fraction of sp³-hybridized carbons (Fsp3) is 0.444. The molecule has 0 spiro atoms. The first-order chi connectivity index (χ1) is 11.5. The molecule has 1 aliphatic heterocycles. The van der Waals surface area contributed by atoms with Gasteiger partial charge in [0.05, 0.1) is 11.3 Å². The average molecular weight is 455 g/mol. The summed E-state index contributed by atoms with van der Waals surface area (Å²) in [6.45, 7) is 7.61. The van der Waals surface area contributed by atoms with Gasteiger partial charge in [-0.25, -0.2) is 4.98 Å². The summed E-state index contributed by atoms with van der Waals surface area (Å²) in [7, 11) is 0. The molecule has 0 saturated carbocycles. The highest BCUT2D eigenvalue weighted by Crippen LogP contribution is 2.27. The fourth-order valence-corrected chi connectivity index (χ4v) is 4.49. The molecule has 1 N–H and O–H groups in total. The number of anilines is 1. The van der Waals surface area contributed by atoms with Crippen LogP contribution in [0.2, 0.25) is 0 Å². The molecule has 2 aromatic rings. The van der Waals surface area contributed by atoms with Gasteiger partial charge in [0.15, 0.2) is 5.13 Å². The third-order valence-corrected chi connectivity index (χ3v) is 6.47. The molecule has 0 radical (unpaired) electrons. The number of halogens is 1. The van der Waals surface area contributed by atoms with Crippen LogP contribution < -0.4 is 5.32 Å². The summed E-state index contributed by atoms with van der Waals surface area (Å²) < 4.78 is 0.948. The summed E-state index contributed by atoms with van der Waals surface area (Å²) in [6, 6.07) is 7.59. The molecule has 0 aliphatic carbocycles. The Labute approximate surface area is 160 Å². The number of nitrogens with one attached hydrogen (secondary N) is 1. The summed E-state index contributed by atoms with van der Waals surface area (Å²) in [5.41, 5.74) is 1.72. The SMILES string of the molecule is Cc1nc(NC(=O)c2ccccc2I)sc1CN1CCC(C)CC1. The van der Waals surface area contributed by atoms with Crippen LogP contribution in [-0.4, -0.2) is 28.9 Å². The number of thiazole rings is 1. The molecule has 6 heteroatoms. The number of carbonyl (C=O) groups is 1. The van der Waals surface area contributed by atoms with Gasteiger partial charge in [-0.3, -0.25) is 15.0 Å². The van der Waals surface area contributed by atoms with E-state index in [1.54, 1.807) is 11.3 Å². The predicted molar refractivity (Wildman–Crippen MR) is 108 cm³/mol. The minimum atomic E-state index is -0.0907. The van der Waals surface area contributed by atoms with E-state index in [1.807, 2.05) is 31.2 Å². The molecule has 3 rings (SSSR count). The lowest BCUT2D eigenvalue weighted by Gasteiger charge is -2.29. The van der Waals surface area contributed by atoms with Gasteiger partial charge in [0.1, 0.15) is 0 Å². The summed E-state index contributed by atoms with van der Waals surface area (Å²) in [6.07, 6.45) is 2.54. The van der Waals surface area contributed by atoms with Crippen LogP contribution in [0.3, 0.4) is 0 Å². The van der Waals surface area contributed by atoms with Crippen LogP contribution in [0.4, 0.5) is 5.13 Å². The number of likely N-dealkylation sites (tertiary alicyclic amines) is 1. The van der Waals surface area contributed by atoms with E-state index in [-0.39, 0.29) is 5.91 Å². The van der Waals surface area contributed by atoms with E-state index in [9.17, 15) is 4.79 Å². The molecule has 0 unspecified atom stereocenters. The number of aromatic nitrogens is 1. The first kappa shape index (κ1) is 17.8. The van der Waals surface area contributed by atoms with E-state index in [0.717, 1.165) is 34.8 Å². The molecule has 2 heterocycles. The highest BCUT2D eigenvalue weighted by molar-refractivity contribution is 14.1. The van der Waals surface area contributed by atoms with E-state index in [1.165, 1.54) is 17.7 Å². The molecule has 1 aromatic carbocycles. The quantitative estimate of drug-likeness (QED) is 0.689. The molecule has 24 heavy (non-hydrogen) atoms. The van der Waals surface area contributed by atoms with E-state index < -0.39 is 0 Å². The van der Waals surface area contributed by atoms with E-state index >= 15 is 0 Å². The van der Waals surface area contributed by atoms with Crippen molar-refractivity contribution in [2.45, 2.75) is 33.2 Å². The second-order valence-electron chi connectivity index (χ2n) is 6.42. The predicted octanol–water partition coefficient (Wildman–Crippen LogP) is 4.54. The van der Waals surface area contributed by atoms with Crippen molar-refractivity contribution < 1.29 is 4.79 Å². The van der Waals surface area contributed by atoms with E-state index in [4.69, 9.17) is 0 Å². The van der Waals surface area contributed by atoms with E-state index in [0.29, 0.717) is 10.7 Å². The van der Waals surface area contributed by atoms with Gasteiger partial charge < -0.3 is 0 Å². The van der Waals surface area contributed by atoms with Crippen LogP contribution in [0.1, 0.15) is 40.7 Å². The second kappa shape index (κ2) is 7.93.